The fraction of sp³-hybridized carbons (Fsp3) is 0.364. The van der Waals surface area contributed by atoms with Crippen LogP contribution in [-0.2, 0) is 20.4 Å². The number of ether oxygens (including phenoxy) is 3. The average molecular weight is 523 g/mol. The molecule has 1 aromatic heterocycles. The first-order valence-electron chi connectivity index (χ1n) is 10.7. The molecule has 2 saturated heterocycles. The number of aromatic nitrogens is 3. The van der Waals surface area contributed by atoms with Gasteiger partial charge in [0.05, 0.1) is 30.0 Å². The molecule has 6 atom stereocenters. The van der Waals surface area contributed by atoms with Crippen LogP contribution in [0.2, 0.25) is 5.02 Å². The van der Waals surface area contributed by atoms with Gasteiger partial charge in [0, 0.05) is 15.5 Å². The summed E-state index contributed by atoms with van der Waals surface area (Å²) in [5, 5.41) is 22.6. The van der Waals surface area contributed by atoms with Crippen LogP contribution in [0, 0.1) is 0 Å². The fourth-order valence-corrected chi connectivity index (χ4v) is 4.53. The minimum atomic E-state index is -4.70. The number of rotatable bonds is 4. The number of halogens is 4. The molecule has 5 rings (SSSR count). The minimum absolute atomic E-state index is 0.00397. The Labute approximate surface area is 206 Å². The Morgan fingerprint density at radius 3 is 2.67 bits per heavy atom. The zero-order chi connectivity index (χ0) is 25.4. The highest BCUT2D eigenvalue weighted by molar-refractivity contribution is 6.30. The maximum absolute atomic E-state index is 13.7. The second-order valence-electron chi connectivity index (χ2n) is 8.18. The number of aliphatic hydroxyl groups excluding tert-OH is 1. The highest BCUT2D eigenvalue weighted by Gasteiger charge is 2.51. The predicted molar refractivity (Wildman–Crippen MR) is 118 cm³/mol. The van der Waals surface area contributed by atoms with Crippen molar-refractivity contribution in [1.29, 1.82) is 0 Å². The summed E-state index contributed by atoms with van der Waals surface area (Å²) in [5.74, 6) is -0.142. The van der Waals surface area contributed by atoms with Gasteiger partial charge in [-0.1, -0.05) is 47.0 Å². The Balaban J connectivity index is 1.50. The monoisotopic (exact) mass is 522 g/mol. The number of alkyl halides is 3. The third-order valence-corrected chi connectivity index (χ3v) is 6.22. The molecule has 3 aromatic rings. The number of aliphatic hydroxyl groups is 1. The lowest BCUT2D eigenvalue weighted by molar-refractivity contribution is -0.309. The van der Waals surface area contributed by atoms with Crippen LogP contribution in [0.25, 0.3) is 16.1 Å². The van der Waals surface area contributed by atoms with Gasteiger partial charge >= 0.3 is 6.18 Å². The van der Waals surface area contributed by atoms with E-state index in [0.29, 0.717) is 5.56 Å². The van der Waals surface area contributed by atoms with Crippen molar-refractivity contribution in [1.82, 2.24) is 14.8 Å². The standard InChI is InChI=1S/C22H18ClF3N6O4/c23-12-6-7-13(22(24,25)26)14(8-12)32-10-28-30-20(32)19-17(33)16(29-31-27)18-15(35-19)9-34-21(36-18)11-4-2-1-3-5-11/h1-8,10,15-19,21,33H,9H2/t15?,16-,17?,18+,19-,21?/m1/s1. The molecule has 0 spiro atoms. The SMILES string of the molecule is [N-]=[N+]=N[C@@H]1C(O)[C@H](c2nncn2-c2cc(Cl)ccc2C(F)(F)F)OC2COC(c3ccccc3)O[C@@H]21. The molecular formula is C22H18ClF3N6O4. The fourth-order valence-electron chi connectivity index (χ4n) is 4.37. The quantitative estimate of drug-likeness (QED) is 0.304. The van der Waals surface area contributed by atoms with E-state index in [1.54, 1.807) is 24.3 Å². The first-order valence-corrected chi connectivity index (χ1v) is 11.1. The molecule has 36 heavy (non-hydrogen) atoms. The number of nitrogens with zero attached hydrogens (tertiary/aromatic N) is 6. The maximum Gasteiger partial charge on any atom is 0.418 e. The summed E-state index contributed by atoms with van der Waals surface area (Å²) in [4.78, 5) is 2.83. The molecule has 0 saturated carbocycles. The van der Waals surface area contributed by atoms with E-state index in [2.05, 4.69) is 20.2 Å². The second-order valence-corrected chi connectivity index (χ2v) is 8.61. The maximum atomic E-state index is 13.7. The van der Waals surface area contributed by atoms with E-state index in [1.807, 2.05) is 6.07 Å². The van der Waals surface area contributed by atoms with Gasteiger partial charge in [0.2, 0.25) is 0 Å². The van der Waals surface area contributed by atoms with E-state index in [4.69, 9.17) is 31.3 Å². The third kappa shape index (κ3) is 4.52. The highest BCUT2D eigenvalue weighted by atomic mass is 35.5. The van der Waals surface area contributed by atoms with E-state index in [-0.39, 0.29) is 23.1 Å². The lowest BCUT2D eigenvalue weighted by Crippen LogP contribution is -2.58. The third-order valence-electron chi connectivity index (χ3n) is 5.99. The Hall–Kier alpha value is -3.19. The van der Waals surface area contributed by atoms with Gasteiger partial charge in [-0.05, 0) is 23.7 Å². The number of benzene rings is 2. The van der Waals surface area contributed by atoms with Crippen molar-refractivity contribution in [2.45, 2.75) is 42.9 Å². The van der Waals surface area contributed by atoms with E-state index in [0.717, 1.165) is 29.1 Å². The summed E-state index contributed by atoms with van der Waals surface area (Å²) in [6.07, 6.45) is -8.98. The van der Waals surface area contributed by atoms with Crippen LogP contribution >= 0.6 is 11.6 Å². The van der Waals surface area contributed by atoms with E-state index in [1.165, 1.54) is 0 Å². The van der Waals surface area contributed by atoms with E-state index >= 15 is 0 Å². The van der Waals surface area contributed by atoms with Crippen LogP contribution < -0.4 is 0 Å². The summed E-state index contributed by atoms with van der Waals surface area (Å²) in [5.41, 5.74) is 8.54. The summed E-state index contributed by atoms with van der Waals surface area (Å²) >= 11 is 5.98. The predicted octanol–water partition coefficient (Wildman–Crippen LogP) is 4.53. The Morgan fingerprint density at radius 2 is 1.94 bits per heavy atom. The molecular weight excluding hydrogens is 505 g/mol. The van der Waals surface area contributed by atoms with E-state index in [9.17, 15) is 18.3 Å². The van der Waals surface area contributed by atoms with Gasteiger partial charge in [-0.25, -0.2) is 0 Å². The topological polar surface area (TPSA) is 127 Å². The number of fused-ring (bicyclic) bond motifs is 1. The second kappa shape index (κ2) is 9.69. The van der Waals surface area contributed by atoms with Crippen LogP contribution in [0.1, 0.15) is 29.3 Å². The Kier molecular flexibility index (Phi) is 6.60. The van der Waals surface area contributed by atoms with Crippen molar-refractivity contribution in [3.05, 3.63) is 87.3 Å². The molecule has 2 aromatic carbocycles. The molecule has 2 aliphatic rings. The van der Waals surface area contributed by atoms with Gasteiger partial charge in [0.15, 0.2) is 12.1 Å². The van der Waals surface area contributed by atoms with Crippen molar-refractivity contribution < 1.29 is 32.5 Å². The zero-order valence-electron chi connectivity index (χ0n) is 18.2. The Morgan fingerprint density at radius 1 is 1.17 bits per heavy atom. The van der Waals surface area contributed by atoms with Crippen molar-refractivity contribution in [3.63, 3.8) is 0 Å². The van der Waals surface area contributed by atoms with Crippen molar-refractivity contribution >= 4 is 11.6 Å². The normalized spacial score (nSPS) is 28.2. The molecule has 3 heterocycles. The van der Waals surface area contributed by atoms with Crippen LogP contribution in [-0.4, -0.2) is 50.8 Å². The zero-order valence-corrected chi connectivity index (χ0v) is 19.0. The van der Waals surface area contributed by atoms with Gasteiger partial charge in [-0.2, -0.15) is 13.2 Å². The molecule has 0 aliphatic carbocycles. The highest BCUT2D eigenvalue weighted by Crippen LogP contribution is 2.41. The first-order chi connectivity index (χ1) is 17.3. The van der Waals surface area contributed by atoms with Gasteiger partial charge in [-0.15, -0.1) is 10.2 Å². The summed E-state index contributed by atoms with van der Waals surface area (Å²) < 4.78 is 60.0. The van der Waals surface area contributed by atoms with Gasteiger partial charge in [0.1, 0.15) is 24.6 Å². The molecule has 3 unspecified atom stereocenters. The summed E-state index contributed by atoms with van der Waals surface area (Å²) in [7, 11) is 0. The summed E-state index contributed by atoms with van der Waals surface area (Å²) in [6.45, 7) is 0.00397. The van der Waals surface area contributed by atoms with Crippen LogP contribution in [0.15, 0.2) is 60.0 Å². The molecule has 188 valence electrons. The van der Waals surface area contributed by atoms with Crippen LogP contribution in [0.3, 0.4) is 0 Å². The molecule has 14 heteroatoms. The van der Waals surface area contributed by atoms with Crippen molar-refractivity contribution in [2.24, 2.45) is 5.11 Å². The van der Waals surface area contributed by atoms with Crippen LogP contribution in [0.4, 0.5) is 13.2 Å². The van der Waals surface area contributed by atoms with Gasteiger partial charge < -0.3 is 19.3 Å². The molecule has 2 aliphatic heterocycles. The largest absolute Gasteiger partial charge is 0.418 e. The lowest BCUT2D eigenvalue weighted by Gasteiger charge is -2.46. The van der Waals surface area contributed by atoms with Crippen molar-refractivity contribution in [2.75, 3.05) is 6.61 Å². The molecule has 0 amide bonds. The molecule has 0 radical (unpaired) electrons. The Bertz CT molecular complexity index is 1290. The number of azide groups is 1. The average Bonchev–Trinajstić information content (AvgIpc) is 3.35. The molecule has 2 fully saturated rings. The molecule has 0 bridgehead atoms. The minimum Gasteiger partial charge on any atom is -0.389 e. The molecule has 10 nitrogen and oxygen atoms in total. The van der Waals surface area contributed by atoms with Gasteiger partial charge in [0.25, 0.3) is 0 Å². The molecule has 1 N–H and O–H groups in total. The smallest absolute Gasteiger partial charge is 0.389 e. The lowest BCUT2D eigenvalue weighted by atomic mass is 9.91. The van der Waals surface area contributed by atoms with Gasteiger partial charge in [-0.3, -0.25) is 4.57 Å². The summed E-state index contributed by atoms with van der Waals surface area (Å²) in [6, 6.07) is 10.9. The van der Waals surface area contributed by atoms with E-state index < -0.39 is 48.5 Å². The van der Waals surface area contributed by atoms with Crippen molar-refractivity contribution in [3.8, 4) is 5.69 Å². The van der Waals surface area contributed by atoms with Crippen LogP contribution in [0.5, 0.6) is 0 Å². The number of hydrogen-bond donors (Lipinski definition) is 1. The first kappa shape index (κ1) is 24.5. The number of hydrogen-bond acceptors (Lipinski definition) is 7.